The van der Waals surface area contributed by atoms with Crippen molar-refractivity contribution in [3.8, 4) is 35.1 Å². The Labute approximate surface area is 962 Å². The molecule has 1 nitrogen and oxygen atoms in total. The van der Waals surface area contributed by atoms with Crippen LogP contribution in [0.5, 0.6) is 5.75 Å². The zero-order chi connectivity index (χ0) is 101. The van der Waals surface area contributed by atoms with E-state index in [1.807, 2.05) is 116 Å². The molecule has 0 aliphatic carbocycles. The van der Waals surface area contributed by atoms with Crippen molar-refractivity contribution < 1.29 is 4.74 Å². The number of thioether (sulfide) groups is 1. The molecule has 0 amide bonds. The Morgan fingerprint density at radius 3 is 0.727 bits per heavy atom. The van der Waals surface area contributed by atoms with E-state index in [-0.39, 0.29) is 112 Å². The third kappa shape index (κ3) is 20.2. The highest BCUT2D eigenvalue weighted by molar-refractivity contribution is 7.98. The highest BCUT2D eigenvalue weighted by atomic mass is 35.5. The average Bonchev–Trinajstić information content (AvgIpc) is 1.54. The number of halogens is 24. The third-order valence-electron chi connectivity index (χ3n) is 23.5. The molecule has 0 bridgehead atoms. The Bertz CT molecular complexity index is 8710. The van der Waals surface area contributed by atoms with Crippen LogP contribution >= 0.6 is 353 Å². The summed E-state index contributed by atoms with van der Waals surface area (Å²) in [6.45, 7) is 2.00. The topological polar surface area (TPSA) is 9.23 Å². The van der Waals surface area contributed by atoms with E-state index in [1.54, 1.807) is 31.0 Å². The standard InChI is InChI=1S/C19H7Cl8S.C19H14ClOS.C19H14ClS2.C18H4Cl9S.C18H10Cl3S.C18H11Cl2S/c1-6-2-4-7(5-3-6)28-18-8(10(20)12(22)14(24)16(18)26)9-11(21)13(23)15(25)17(27)19(9)28;2*1-21-14-7-9-15(10-8-14)22-18-5-3-2-4-16(18)17-12-13(20)6-11-19(17)22;19-5-1-3-6(4-2-5)28-17-7(9(20)11(22)13(24)15(17)26)8-10(21)12(23)14(25)16(27)18(8)28;19-11-5-7-17-14(9-11)13-3-1-2-4-16(13)22(17)18-8-6-12(20)10-15(18)21;19-12-5-8-14(9-6-12)21-17-4-2-1-3-15(17)16-11-13(20)7-10-18(16)21/h2-5H,1H3;2*2-12H,1H3;1-4H;1-10H;1-11H/q6*+1. The van der Waals surface area contributed by atoms with Crippen LogP contribution in [0.4, 0.5) is 0 Å². The van der Waals surface area contributed by atoms with E-state index in [1.165, 1.54) is 100 Å². The van der Waals surface area contributed by atoms with Crippen molar-refractivity contribution in [1.82, 2.24) is 0 Å². The van der Waals surface area contributed by atoms with Crippen molar-refractivity contribution in [1.29, 1.82) is 0 Å². The summed E-state index contributed by atoms with van der Waals surface area (Å²) < 4.78 is 18.7. The summed E-state index contributed by atoms with van der Waals surface area (Å²) in [4.78, 5) is 8.18. The van der Waals surface area contributed by atoms with E-state index in [0.29, 0.717) is 65.5 Å². The van der Waals surface area contributed by atoms with Gasteiger partial charge in [-0.1, -0.05) is 345 Å². The number of fused-ring (bicyclic) bond motifs is 18. The van der Waals surface area contributed by atoms with Gasteiger partial charge < -0.3 is 4.74 Å². The lowest BCUT2D eigenvalue weighted by Crippen LogP contribution is -1.80. The molecule has 18 aromatic carbocycles. The number of methoxy groups -OCH3 is 1. The third-order valence-corrected chi connectivity index (χ3v) is 48.2. The molecular formula is C111H60Cl24OS7+6. The van der Waals surface area contributed by atoms with Gasteiger partial charge in [0.25, 0.3) is 0 Å². The van der Waals surface area contributed by atoms with Crippen LogP contribution in [0.25, 0.3) is 150 Å². The second-order valence-corrected chi connectivity index (χ2v) is 53.9. The van der Waals surface area contributed by atoms with Gasteiger partial charge in [-0.25, -0.2) is 0 Å². The molecular weight excluding hydrogens is 2420 g/mol. The fourth-order valence-corrected chi connectivity index (χ4v) is 38.7. The molecule has 4 atom stereocenters. The molecule has 4 unspecified atom stereocenters. The molecule has 6 aromatic heterocycles. The number of thiophene rings is 6. The summed E-state index contributed by atoms with van der Waals surface area (Å²) in [7, 11) is -0.254. The molecule has 0 saturated heterocycles. The van der Waals surface area contributed by atoms with Gasteiger partial charge in [0, 0.05) is 188 Å². The lowest BCUT2D eigenvalue weighted by Gasteiger charge is -2.04. The van der Waals surface area contributed by atoms with Crippen LogP contribution in [0.15, 0.2) is 314 Å². The summed E-state index contributed by atoms with van der Waals surface area (Å²) in [6.07, 6.45) is 2.11. The normalized spacial score (nSPS) is 12.0. The Morgan fingerprint density at radius 2 is 0.434 bits per heavy atom. The van der Waals surface area contributed by atoms with Gasteiger partial charge in [0.15, 0.2) is 67.0 Å². The second-order valence-electron chi connectivity index (χ2n) is 31.9. The Morgan fingerprint density at radius 1 is 0.203 bits per heavy atom. The summed E-state index contributed by atoms with van der Waals surface area (Å²) in [5.41, 5.74) is 1.11. The van der Waals surface area contributed by atoms with Crippen molar-refractivity contribution in [3.63, 3.8) is 0 Å². The SMILES string of the molecule is COc1ccc(-[s+]2c3ccccc3c3cc(Cl)ccc32)cc1.CSc1ccc(-[s+]2c3ccccc3c3cc(Cl)ccc32)cc1.Cc1ccc(-[s+]2c3c(Cl)c(Cl)c(Cl)c(Cl)c3c3c(Cl)c(Cl)c(Cl)c(Cl)c32)cc1.Clc1ccc(-[s+]2c3c(Cl)c(Cl)c(Cl)c(Cl)c3c3c(Cl)c(Cl)c(Cl)c(Cl)c32)cc1.Clc1ccc(-[s+]2c3ccccc3c3cc(Cl)ccc32)c(Cl)c1.Clc1ccc(-[s+]2c3ccccc3c3cc(Cl)ccc32)cc1. The zero-order valence-electron chi connectivity index (χ0n) is 73.3. The lowest BCUT2D eigenvalue weighted by molar-refractivity contribution is 0.415. The molecule has 0 radical (unpaired) electrons. The summed E-state index contributed by atoms with van der Waals surface area (Å²) in [5, 5.41) is 21.4. The first kappa shape index (κ1) is 106. The Hall–Kier alpha value is -5.61. The average molecular weight is 2490 g/mol. The highest BCUT2D eigenvalue weighted by Gasteiger charge is 2.40. The van der Waals surface area contributed by atoms with Crippen molar-refractivity contribution >= 4 is 474 Å². The summed E-state index contributed by atoms with van der Waals surface area (Å²) in [6, 6.07) is 105. The monoisotopic (exact) mass is 2470 g/mol. The van der Waals surface area contributed by atoms with Crippen LogP contribution in [0.3, 0.4) is 0 Å². The molecule has 0 fully saturated rings. The summed E-state index contributed by atoms with van der Waals surface area (Å²) >= 11 is 155. The van der Waals surface area contributed by atoms with Gasteiger partial charge in [-0.05, 0) is 219 Å². The van der Waals surface area contributed by atoms with E-state index in [9.17, 15) is 0 Å². The quantitative estimate of drug-likeness (QED) is 0.0649. The fourth-order valence-electron chi connectivity index (χ4n) is 17.2. The van der Waals surface area contributed by atoms with Crippen molar-refractivity contribution in [2.24, 2.45) is 0 Å². The largest absolute Gasteiger partial charge is 0.497 e. The van der Waals surface area contributed by atoms with Crippen LogP contribution in [-0.4, -0.2) is 13.4 Å². The first-order chi connectivity index (χ1) is 68.8. The number of hydrogen-bond acceptors (Lipinski definition) is 2. The molecule has 6 heterocycles. The number of rotatable bonds is 8. The minimum absolute atomic E-state index is 0.0270. The van der Waals surface area contributed by atoms with E-state index in [4.69, 9.17) is 283 Å². The fraction of sp³-hybridized carbons (Fsp3) is 0.0270. The molecule has 0 spiro atoms. The van der Waals surface area contributed by atoms with E-state index < -0.39 is 20.9 Å². The molecule has 0 aliphatic rings. The molecule has 0 aliphatic heterocycles. The van der Waals surface area contributed by atoms with Crippen molar-refractivity contribution in [2.75, 3.05) is 13.4 Å². The van der Waals surface area contributed by atoms with Gasteiger partial charge in [0.05, 0.1) is 88.9 Å². The zero-order valence-corrected chi connectivity index (χ0v) is 97.1. The maximum absolute atomic E-state index is 6.65. The van der Waals surface area contributed by atoms with E-state index >= 15 is 0 Å². The van der Waals surface area contributed by atoms with Crippen LogP contribution < -0.4 is 4.74 Å². The minimum atomic E-state index is -0.807. The lowest BCUT2D eigenvalue weighted by atomic mass is 10.1. The van der Waals surface area contributed by atoms with Crippen molar-refractivity contribution in [3.05, 3.63) is 435 Å². The van der Waals surface area contributed by atoms with Crippen LogP contribution in [0.2, 0.25) is 121 Å². The first-order valence-corrected chi connectivity index (χ1v) is 60.2. The van der Waals surface area contributed by atoms with Gasteiger partial charge in [0.2, 0.25) is 18.8 Å². The number of hydrogen-bond donors (Lipinski definition) is 0. The highest BCUT2D eigenvalue weighted by Crippen LogP contribution is 2.65. The predicted molar refractivity (Wildman–Crippen MR) is 655 cm³/mol. The summed E-state index contributed by atoms with van der Waals surface area (Å²) in [5.74, 6) is 0.885. The molecule has 0 saturated carbocycles. The first-order valence-electron chi connectivity index (χ1n) is 42.5. The van der Waals surface area contributed by atoms with Crippen LogP contribution in [0.1, 0.15) is 5.56 Å². The van der Waals surface area contributed by atoms with Gasteiger partial charge in [-0.3, -0.25) is 0 Å². The number of aryl methyl sites for hydroxylation is 1. The van der Waals surface area contributed by atoms with E-state index in [2.05, 4.69) is 194 Å². The van der Waals surface area contributed by atoms with E-state index in [0.717, 1.165) is 51.1 Å². The van der Waals surface area contributed by atoms with Crippen LogP contribution in [0, 0.1) is 6.92 Å². The van der Waals surface area contributed by atoms with Gasteiger partial charge in [-0.15, -0.1) is 11.8 Å². The Kier molecular flexibility index (Phi) is 33.1. The molecule has 24 rings (SSSR count). The Balaban J connectivity index is 0.000000109. The van der Waals surface area contributed by atoms with Crippen molar-refractivity contribution in [2.45, 2.75) is 11.8 Å². The number of ether oxygens (including phenoxy) is 1. The number of benzene rings is 18. The maximum Gasteiger partial charge on any atom is 0.209 e. The molecule has 0 N–H and O–H groups in total. The van der Waals surface area contributed by atoms with Gasteiger partial charge in [0.1, 0.15) is 30.9 Å². The molecule has 714 valence electrons. The molecule has 143 heavy (non-hydrogen) atoms. The van der Waals surface area contributed by atoms with Gasteiger partial charge in [-0.2, -0.15) is 0 Å². The minimum Gasteiger partial charge on any atom is -0.497 e. The molecule has 24 aromatic rings. The maximum atomic E-state index is 6.65. The smallest absolute Gasteiger partial charge is 0.209 e. The van der Waals surface area contributed by atoms with Crippen LogP contribution in [-0.2, 0) is 0 Å². The molecule has 32 heteroatoms. The second kappa shape index (κ2) is 44.7. The predicted octanol–water partition coefficient (Wildman–Crippen LogP) is 51.1. The van der Waals surface area contributed by atoms with Gasteiger partial charge >= 0.3 is 0 Å².